The quantitative estimate of drug-likeness (QED) is 0.843. The highest BCUT2D eigenvalue weighted by Gasteiger charge is 2.28. The molecule has 1 saturated carbocycles. The molecule has 1 amide bonds. The van der Waals surface area contributed by atoms with E-state index in [0.717, 1.165) is 5.92 Å². The van der Waals surface area contributed by atoms with Crippen LogP contribution >= 0.6 is 0 Å². The minimum atomic E-state index is -0.402. The van der Waals surface area contributed by atoms with Crippen LogP contribution < -0.4 is 10.6 Å². The molecule has 0 radical (unpaired) electrons. The van der Waals surface area contributed by atoms with Crippen LogP contribution in [0.2, 0.25) is 0 Å². The standard InChI is InChI=1S/C14H19FN2O/c1-9(10-6-7-10)8-17-14(18)11-4-3-5-12(15)13(11)16-2/h3-5,9-10,16H,6-8H2,1-2H3,(H,17,18). The van der Waals surface area contributed by atoms with Crippen molar-refractivity contribution in [2.45, 2.75) is 19.8 Å². The van der Waals surface area contributed by atoms with Gasteiger partial charge in [0.25, 0.3) is 5.91 Å². The number of hydrogen-bond donors (Lipinski definition) is 2. The van der Waals surface area contributed by atoms with Gasteiger partial charge in [-0.1, -0.05) is 13.0 Å². The van der Waals surface area contributed by atoms with E-state index in [4.69, 9.17) is 0 Å². The third kappa shape index (κ3) is 2.81. The zero-order chi connectivity index (χ0) is 13.1. The summed E-state index contributed by atoms with van der Waals surface area (Å²) < 4.78 is 13.5. The highest BCUT2D eigenvalue weighted by Crippen LogP contribution is 2.36. The third-order valence-corrected chi connectivity index (χ3v) is 3.52. The second-order valence-electron chi connectivity index (χ2n) is 4.94. The van der Waals surface area contributed by atoms with Crippen molar-refractivity contribution in [2.75, 3.05) is 18.9 Å². The second-order valence-corrected chi connectivity index (χ2v) is 4.94. The zero-order valence-electron chi connectivity index (χ0n) is 10.8. The largest absolute Gasteiger partial charge is 0.385 e. The summed E-state index contributed by atoms with van der Waals surface area (Å²) in [6, 6.07) is 4.52. The normalized spacial score (nSPS) is 16.2. The fourth-order valence-corrected chi connectivity index (χ4v) is 2.15. The molecule has 0 aliphatic heterocycles. The SMILES string of the molecule is CNc1c(F)cccc1C(=O)NCC(C)C1CC1. The van der Waals surface area contributed by atoms with E-state index in [2.05, 4.69) is 17.6 Å². The molecule has 1 fully saturated rings. The van der Waals surface area contributed by atoms with Crippen molar-refractivity contribution in [1.82, 2.24) is 5.32 Å². The van der Waals surface area contributed by atoms with Crippen LogP contribution in [0.5, 0.6) is 0 Å². The van der Waals surface area contributed by atoms with E-state index >= 15 is 0 Å². The molecule has 1 unspecified atom stereocenters. The molecule has 98 valence electrons. The van der Waals surface area contributed by atoms with Gasteiger partial charge in [-0.15, -0.1) is 0 Å². The topological polar surface area (TPSA) is 41.1 Å². The Labute approximate surface area is 107 Å². The lowest BCUT2D eigenvalue weighted by Crippen LogP contribution is -2.29. The average molecular weight is 250 g/mol. The van der Waals surface area contributed by atoms with Gasteiger partial charge >= 0.3 is 0 Å². The van der Waals surface area contributed by atoms with Gasteiger partial charge in [0.1, 0.15) is 5.82 Å². The lowest BCUT2D eigenvalue weighted by Gasteiger charge is -2.13. The predicted octanol–water partition coefficient (Wildman–Crippen LogP) is 2.64. The Bertz CT molecular complexity index is 443. The van der Waals surface area contributed by atoms with E-state index < -0.39 is 5.82 Å². The van der Waals surface area contributed by atoms with E-state index in [9.17, 15) is 9.18 Å². The van der Waals surface area contributed by atoms with E-state index in [1.165, 1.54) is 18.9 Å². The number of carbonyl (C=O) groups excluding carboxylic acids is 1. The Hall–Kier alpha value is -1.58. The van der Waals surface area contributed by atoms with Crippen LogP contribution in [0.1, 0.15) is 30.1 Å². The third-order valence-electron chi connectivity index (χ3n) is 3.52. The van der Waals surface area contributed by atoms with Gasteiger partial charge < -0.3 is 10.6 Å². The zero-order valence-corrected chi connectivity index (χ0v) is 10.8. The molecule has 0 bridgehead atoms. The number of rotatable bonds is 5. The summed E-state index contributed by atoms with van der Waals surface area (Å²) in [7, 11) is 1.61. The molecule has 1 aromatic rings. The fraction of sp³-hybridized carbons (Fsp3) is 0.500. The van der Waals surface area contributed by atoms with Crippen LogP contribution in [0.4, 0.5) is 10.1 Å². The molecular formula is C14H19FN2O. The summed E-state index contributed by atoms with van der Waals surface area (Å²) >= 11 is 0. The molecule has 0 heterocycles. The van der Waals surface area contributed by atoms with Crippen LogP contribution in [0.3, 0.4) is 0 Å². The summed E-state index contributed by atoms with van der Waals surface area (Å²) in [5, 5.41) is 5.61. The van der Waals surface area contributed by atoms with Gasteiger partial charge in [0.2, 0.25) is 0 Å². The maximum absolute atomic E-state index is 13.5. The second kappa shape index (κ2) is 5.38. The van der Waals surface area contributed by atoms with Gasteiger partial charge in [-0.05, 0) is 36.8 Å². The first-order valence-electron chi connectivity index (χ1n) is 6.38. The van der Waals surface area contributed by atoms with Gasteiger partial charge in [0, 0.05) is 13.6 Å². The Morgan fingerprint density at radius 2 is 2.22 bits per heavy atom. The van der Waals surface area contributed by atoms with Crippen LogP contribution in [0, 0.1) is 17.7 Å². The van der Waals surface area contributed by atoms with Crippen LogP contribution in [0.25, 0.3) is 0 Å². The molecule has 1 atom stereocenters. The number of hydrogen-bond acceptors (Lipinski definition) is 2. The predicted molar refractivity (Wildman–Crippen MR) is 70.2 cm³/mol. The first-order chi connectivity index (χ1) is 8.63. The number of nitrogens with one attached hydrogen (secondary N) is 2. The van der Waals surface area contributed by atoms with Crippen LogP contribution in [-0.4, -0.2) is 19.5 Å². The molecular weight excluding hydrogens is 231 g/mol. The van der Waals surface area contributed by atoms with E-state index in [0.29, 0.717) is 18.0 Å². The van der Waals surface area contributed by atoms with Crippen LogP contribution in [-0.2, 0) is 0 Å². The minimum Gasteiger partial charge on any atom is -0.385 e. The molecule has 4 heteroatoms. The molecule has 2 rings (SSSR count). The summed E-state index contributed by atoms with van der Waals surface area (Å²) in [6.07, 6.45) is 2.53. The van der Waals surface area contributed by atoms with Crippen molar-refractivity contribution < 1.29 is 9.18 Å². The lowest BCUT2D eigenvalue weighted by molar-refractivity contribution is 0.0947. The molecule has 0 aromatic heterocycles. The van der Waals surface area contributed by atoms with Crippen molar-refractivity contribution in [3.8, 4) is 0 Å². The van der Waals surface area contributed by atoms with Gasteiger partial charge in [-0.3, -0.25) is 4.79 Å². The smallest absolute Gasteiger partial charge is 0.253 e. The fourth-order valence-electron chi connectivity index (χ4n) is 2.15. The number of carbonyl (C=O) groups is 1. The highest BCUT2D eigenvalue weighted by atomic mass is 19.1. The number of anilines is 1. The summed E-state index contributed by atoms with van der Waals surface area (Å²) in [5.74, 6) is 0.633. The minimum absolute atomic E-state index is 0.216. The number of halogens is 1. The molecule has 18 heavy (non-hydrogen) atoms. The monoisotopic (exact) mass is 250 g/mol. The van der Waals surface area contributed by atoms with Gasteiger partial charge in [-0.25, -0.2) is 4.39 Å². The Balaban J connectivity index is 2.01. The summed E-state index contributed by atoms with van der Waals surface area (Å²) in [5.41, 5.74) is 0.620. The van der Waals surface area contributed by atoms with Crippen molar-refractivity contribution >= 4 is 11.6 Å². The molecule has 2 N–H and O–H groups in total. The number of benzene rings is 1. The lowest BCUT2D eigenvalue weighted by atomic mass is 10.1. The number of para-hydroxylation sites is 1. The first-order valence-corrected chi connectivity index (χ1v) is 6.38. The van der Waals surface area contributed by atoms with Gasteiger partial charge in [-0.2, -0.15) is 0 Å². The van der Waals surface area contributed by atoms with E-state index in [-0.39, 0.29) is 11.6 Å². The molecule has 0 spiro atoms. The first kappa shape index (κ1) is 12.9. The van der Waals surface area contributed by atoms with Crippen molar-refractivity contribution in [3.63, 3.8) is 0 Å². The number of amides is 1. The highest BCUT2D eigenvalue weighted by molar-refractivity contribution is 5.99. The van der Waals surface area contributed by atoms with Crippen LogP contribution in [0.15, 0.2) is 18.2 Å². The van der Waals surface area contributed by atoms with E-state index in [1.807, 2.05) is 0 Å². The molecule has 1 aliphatic rings. The Kier molecular flexibility index (Phi) is 3.84. The summed E-state index contributed by atoms with van der Waals surface area (Å²) in [4.78, 5) is 12.0. The Morgan fingerprint density at radius 1 is 1.50 bits per heavy atom. The molecule has 1 aliphatic carbocycles. The summed E-state index contributed by atoms with van der Waals surface area (Å²) in [6.45, 7) is 2.80. The average Bonchev–Trinajstić information content (AvgIpc) is 3.19. The maximum atomic E-state index is 13.5. The molecule has 3 nitrogen and oxygen atoms in total. The molecule has 0 saturated heterocycles. The molecule has 1 aromatic carbocycles. The van der Waals surface area contributed by atoms with Gasteiger partial charge in [0.05, 0.1) is 11.3 Å². The van der Waals surface area contributed by atoms with E-state index in [1.54, 1.807) is 19.2 Å². The van der Waals surface area contributed by atoms with Crippen molar-refractivity contribution in [3.05, 3.63) is 29.6 Å². The van der Waals surface area contributed by atoms with Crippen molar-refractivity contribution in [1.29, 1.82) is 0 Å². The Morgan fingerprint density at radius 3 is 2.83 bits per heavy atom. The maximum Gasteiger partial charge on any atom is 0.253 e. The van der Waals surface area contributed by atoms with Gasteiger partial charge in [0.15, 0.2) is 0 Å². The van der Waals surface area contributed by atoms with Crippen molar-refractivity contribution in [2.24, 2.45) is 11.8 Å².